The highest BCUT2D eigenvalue weighted by molar-refractivity contribution is 9.10. The highest BCUT2D eigenvalue weighted by Gasteiger charge is 2.60. The number of aromatic amines is 1. The topological polar surface area (TPSA) is 76.6 Å². The monoisotopic (exact) mass is 637 g/mol. The summed E-state index contributed by atoms with van der Waals surface area (Å²) >= 11 is 11.3. The number of thioether (sulfide) groups is 1. The first-order valence-corrected chi connectivity index (χ1v) is 15.3. The summed E-state index contributed by atoms with van der Waals surface area (Å²) in [5.41, 5.74) is 3.83. The van der Waals surface area contributed by atoms with Gasteiger partial charge in [-0.2, -0.15) is 0 Å². The molecule has 2 saturated heterocycles. The fourth-order valence-corrected chi connectivity index (χ4v) is 7.80. The summed E-state index contributed by atoms with van der Waals surface area (Å²) in [7, 11) is 0. The molecule has 0 aliphatic carbocycles. The summed E-state index contributed by atoms with van der Waals surface area (Å²) in [5, 5.41) is 11.9. The van der Waals surface area contributed by atoms with Crippen molar-refractivity contribution in [2.75, 3.05) is 13.1 Å². The Balaban J connectivity index is 1.53. The van der Waals surface area contributed by atoms with E-state index in [1.54, 1.807) is 4.90 Å². The predicted octanol–water partition coefficient (Wildman–Crippen LogP) is 6.49. The van der Waals surface area contributed by atoms with Crippen LogP contribution in [0.3, 0.4) is 0 Å². The first-order chi connectivity index (χ1) is 19.2. The van der Waals surface area contributed by atoms with Crippen LogP contribution in [0, 0.1) is 6.92 Å². The van der Waals surface area contributed by atoms with Gasteiger partial charge in [0.15, 0.2) is 0 Å². The number of hydrogen-bond acceptors (Lipinski definition) is 4. The van der Waals surface area contributed by atoms with Crippen molar-refractivity contribution in [1.82, 2.24) is 14.8 Å². The fraction of sp³-hybridized carbons (Fsp3) is 0.290. The lowest BCUT2D eigenvalue weighted by Crippen LogP contribution is -2.49. The van der Waals surface area contributed by atoms with Crippen molar-refractivity contribution in [1.29, 1.82) is 0 Å². The van der Waals surface area contributed by atoms with Crippen molar-refractivity contribution < 1.29 is 14.7 Å². The molecule has 1 aromatic heterocycles. The lowest BCUT2D eigenvalue weighted by Gasteiger charge is -2.38. The normalized spacial score (nSPS) is 22.9. The molecule has 2 aliphatic rings. The Labute approximate surface area is 250 Å². The van der Waals surface area contributed by atoms with Crippen molar-refractivity contribution >= 4 is 62.0 Å². The largest absolute Gasteiger partial charge is 0.391 e. The summed E-state index contributed by atoms with van der Waals surface area (Å²) in [5.74, 6) is -0.196. The first kappa shape index (κ1) is 27.4. The van der Waals surface area contributed by atoms with Crippen LogP contribution in [0.15, 0.2) is 82.3 Å². The molecular weight excluding hydrogens is 610 g/mol. The molecule has 2 aliphatic heterocycles. The molecule has 4 aromatic rings. The molecule has 0 bridgehead atoms. The molecular formula is C31H29BrClN3O3S. The van der Waals surface area contributed by atoms with Crippen molar-refractivity contribution in [3.63, 3.8) is 0 Å². The molecule has 6 nitrogen and oxygen atoms in total. The molecule has 9 heteroatoms. The van der Waals surface area contributed by atoms with Crippen LogP contribution in [0.25, 0.3) is 10.9 Å². The third kappa shape index (κ3) is 5.07. The number of nitrogens with zero attached hydrogens (tertiary/aromatic N) is 2. The number of H-pyrrole nitrogens is 1. The standard InChI is InChI=1S/C31H29BrClN3O3S/c1-19-2-9-24(10-3-19)40-31(30(39)35-13-12-23(37)18-35)15-28(38)36(17-20-4-6-21(32)7-5-20)29(31)26-16-34-27-14-22(33)8-11-25(26)27/h2-11,14,16,23,29,34,37H,12-13,15,17-18H2,1H3/t23-,29+,31+/m1/s1. The minimum Gasteiger partial charge on any atom is -0.391 e. The van der Waals surface area contributed by atoms with Gasteiger partial charge in [0.25, 0.3) is 0 Å². The average Bonchev–Trinajstić information content (AvgIpc) is 3.62. The summed E-state index contributed by atoms with van der Waals surface area (Å²) in [6, 6.07) is 21.1. The van der Waals surface area contributed by atoms with E-state index in [4.69, 9.17) is 11.6 Å². The van der Waals surface area contributed by atoms with E-state index >= 15 is 0 Å². The Morgan fingerprint density at radius 1 is 1.15 bits per heavy atom. The van der Waals surface area contributed by atoms with E-state index in [9.17, 15) is 14.7 Å². The van der Waals surface area contributed by atoms with E-state index in [1.807, 2.05) is 84.8 Å². The van der Waals surface area contributed by atoms with Gasteiger partial charge in [-0.05, 0) is 55.3 Å². The van der Waals surface area contributed by atoms with Gasteiger partial charge in [0.05, 0.1) is 18.6 Å². The zero-order valence-corrected chi connectivity index (χ0v) is 25.1. The molecule has 6 rings (SSSR count). The number of aryl methyl sites for hydroxylation is 1. The van der Waals surface area contributed by atoms with E-state index in [0.717, 1.165) is 37.0 Å². The molecule has 2 amide bonds. The van der Waals surface area contributed by atoms with Gasteiger partial charge in [-0.25, -0.2) is 0 Å². The van der Waals surface area contributed by atoms with Gasteiger partial charge in [-0.15, -0.1) is 11.8 Å². The van der Waals surface area contributed by atoms with Gasteiger partial charge in [-0.3, -0.25) is 9.59 Å². The first-order valence-electron chi connectivity index (χ1n) is 13.3. The van der Waals surface area contributed by atoms with Crippen LogP contribution < -0.4 is 0 Å². The fourth-order valence-electron chi connectivity index (χ4n) is 5.89. The van der Waals surface area contributed by atoms with Gasteiger partial charge >= 0.3 is 0 Å². The smallest absolute Gasteiger partial charge is 0.242 e. The van der Waals surface area contributed by atoms with Crippen LogP contribution in [-0.2, 0) is 16.1 Å². The number of halogens is 2. The summed E-state index contributed by atoms with van der Waals surface area (Å²) in [4.78, 5) is 36.5. The second-order valence-corrected chi connectivity index (χ2v) is 13.4. The Bertz CT molecular complexity index is 1580. The zero-order valence-electron chi connectivity index (χ0n) is 21.9. The number of aliphatic hydroxyl groups is 1. The van der Waals surface area contributed by atoms with Gasteiger partial charge in [0.1, 0.15) is 4.75 Å². The number of benzene rings is 3. The molecule has 0 unspecified atom stereocenters. The number of amides is 2. The quantitative estimate of drug-likeness (QED) is 0.253. The van der Waals surface area contributed by atoms with Gasteiger partial charge < -0.3 is 19.9 Å². The SMILES string of the molecule is Cc1ccc(S[C@@]2(C(=O)N3CC[C@@H](O)C3)CC(=O)N(Cc3ccc(Br)cc3)[C@H]2c2c[nH]c3cc(Cl)ccc23)cc1. The number of β-amino-alcohol motifs (C(OH)–C–C–N with tert-alkyl or cyclic N) is 1. The molecule has 3 aromatic carbocycles. The number of likely N-dealkylation sites (tertiary alicyclic amines) is 2. The van der Waals surface area contributed by atoms with Crippen molar-refractivity contribution in [2.24, 2.45) is 0 Å². The number of nitrogens with one attached hydrogen (secondary N) is 1. The Morgan fingerprint density at radius 3 is 2.60 bits per heavy atom. The van der Waals surface area contributed by atoms with Crippen molar-refractivity contribution in [3.05, 3.63) is 99.1 Å². The molecule has 206 valence electrons. The molecule has 3 heterocycles. The van der Waals surface area contributed by atoms with E-state index in [2.05, 4.69) is 20.9 Å². The summed E-state index contributed by atoms with van der Waals surface area (Å²) in [6.45, 7) is 3.13. The molecule has 2 fully saturated rings. The third-order valence-electron chi connectivity index (χ3n) is 7.86. The van der Waals surface area contributed by atoms with Gasteiger partial charge in [0, 0.05) is 56.7 Å². The zero-order chi connectivity index (χ0) is 28.0. The van der Waals surface area contributed by atoms with Crippen LogP contribution in [0.5, 0.6) is 0 Å². The molecule has 0 saturated carbocycles. The Morgan fingerprint density at radius 2 is 1.90 bits per heavy atom. The van der Waals surface area contributed by atoms with Crippen LogP contribution in [0.1, 0.15) is 35.6 Å². The maximum absolute atomic E-state index is 14.6. The second-order valence-electron chi connectivity index (χ2n) is 10.7. The Hall–Kier alpha value is -2.78. The lowest BCUT2D eigenvalue weighted by molar-refractivity contribution is -0.134. The molecule has 2 N–H and O–H groups in total. The molecule has 3 atom stereocenters. The number of aromatic nitrogens is 1. The molecule has 0 radical (unpaired) electrons. The predicted molar refractivity (Wildman–Crippen MR) is 162 cm³/mol. The van der Waals surface area contributed by atoms with Crippen LogP contribution in [0.2, 0.25) is 5.02 Å². The molecule has 0 spiro atoms. The minimum atomic E-state index is -1.14. The van der Waals surface area contributed by atoms with E-state index in [0.29, 0.717) is 24.5 Å². The van der Waals surface area contributed by atoms with Crippen molar-refractivity contribution in [3.8, 4) is 0 Å². The maximum atomic E-state index is 14.6. The second kappa shape index (κ2) is 10.9. The van der Waals surface area contributed by atoms with E-state index in [1.165, 1.54) is 11.8 Å². The summed E-state index contributed by atoms with van der Waals surface area (Å²) in [6.07, 6.45) is 1.94. The van der Waals surface area contributed by atoms with Gasteiger partial charge in [-0.1, -0.05) is 63.4 Å². The minimum absolute atomic E-state index is 0.0540. The number of rotatable bonds is 6. The van der Waals surface area contributed by atoms with Crippen molar-refractivity contribution in [2.45, 2.75) is 48.1 Å². The summed E-state index contributed by atoms with van der Waals surface area (Å²) < 4.78 is -0.179. The molecule has 40 heavy (non-hydrogen) atoms. The van der Waals surface area contributed by atoms with E-state index < -0.39 is 16.9 Å². The van der Waals surface area contributed by atoms with E-state index in [-0.39, 0.29) is 24.8 Å². The number of carbonyl (C=O) groups is 2. The highest BCUT2D eigenvalue weighted by atomic mass is 79.9. The average molecular weight is 639 g/mol. The van der Waals surface area contributed by atoms with Crippen LogP contribution >= 0.6 is 39.3 Å². The number of hydrogen-bond donors (Lipinski definition) is 2. The lowest BCUT2D eigenvalue weighted by atomic mass is 9.90. The van der Waals surface area contributed by atoms with Gasteiger partial charge in [0.2, 0.25) is 11.8 Å². The van der Waals surface area contributed by atoms with Crippen LogP contribution in [-0.4, -0.2) is 55.6 Å². The Kier molecular flexibility index (Phi) is 7.46. The number of aliphatic hydroxyl groups excluding tert-OH is 1. The number of fused-ring (bicyclic) bond motifs is 1. The maximum Gasteiger partial charge on any atom is 0.242 e. The number of carbonyl (C=O) groups excluding carboxylic acids is 2. The van der Waals surface area contributed by atoms with Crippen LogP contribution in [0.4, 0.5) is 0 Å². The third-order valence-corrected chi connectivity index (χ3v) is 10.0. The highest BCUT2D eigenvalue weighted by Crippen LogP contribution is 2.55.